The minimum Gasteiger partial charge on any atom is -0.253 e. The lowest BCUT2D eigenvalue weighted by molar-refractivity contribution is 0.636. The highest BCUT2D eigenvalue weighted by Gasteiger charge is 2.04. The predicted molar refractivity (Wildman–Crippen MR) is 58.9 cm³/mol. The van der Waals surface area contributed by atoms with E-state index in [4.69, 9.17) is 0 Å². The number of benzene rings is 1. The quantitative estimate of drug-likeness (QED) is 0.643. The van der Waals surface area contributed by atoms with E-state index in [9.17, 15) is 4.39 Å². The van der Waals surface area contributed by atoms with Crippen LogP contribution in [0.5, 0.6) is 0 Å². The summed E-state index contributed by atoms with van der Waals surface area (Å²) in [5, 5.41) is 0.847. The van der Waals surface area contributed by atoms with Gasteiger partial charge >= 0.3 is 0 Å². The molecule has 0 radical (unpaired) electrons. The van der Waals surface area contributed by atoms with Crippen molar-refractivity contribution >= 4 is 10.9 Å². The Labute approximate surface area is 88.0 Å². The molecular weight excluding hydrogens is 189 g/mol. The third-order valence-electron chi connectivity index (χ3n) is 2.27. The molecule has 0 spiro atoms. The molecule has 0 aliphatic carbocycles. The first-order valence-corrected chi connectivity index (χ1v) is 4.74. The fourth-order valence-electron chi connectivity index (χ4n) is 1.53. The highest BCUT2D eigenvalue weighted by Crippen LogP contribution is 2.19. The number of rotatable bonds is 1. The molecular formula is C13H10FN. The van der Waals surface area contributed by atoms with Crippen molar-refractivity contribution < 1.29 is 4.39 Å². The van der Waals surface area contributed by atoms with Gasteiger partial charge in [0.05, 0.1) is 0 Å². The average Bonchev–Trinajstić information content (AvgIpc) is 2.27. The van der Waals surface area contributed by atoms with Gasteiger partial charge in [-0.15, -0.1) is 5.92 Å². The third kappa shape index (κ3) is 1.82. The van der Waals surface area contributed by atoms with E-state index in [1.54, 1.807) is 19.2 Å². The summed E-state index contributed by atoms with van der Waals surface area (Å²) in [4.78, 5) is 4.03. The van der Waals surface area contributed by atoms with E-state index in [2.05, 4.69) is 16.8 Å². The SMILES string of the molecule is CC#CCc1ccnc2c(F)cccc12. The van der Waals surface area contributed by atoms with E-state index >= 15 is 0 Å². The van der Waals surface area contributed by atoms with Crippen LogP contribution in [-0.2, 0) is 6.42 Å². The van der Waals surface area contributed by atoms with Crippen LogP contribution in [0.25, 0.3) is 10.9 Å². The highest BCUT2D eigenvalue weighted by molar-refractivity contribution is 5.82. The Bertz CT molecular complexity index is 549. The Hall–Kier alpha value is -1.88. The standard InChI is InChI=1S/C13H10FN/c1-2-3-5-10-8-9-15-13-11(10)6-4-7-12(13)14/h4,6-9H,5H2,1H3. The number of halogens is 1. The summed E-state index contributed by atoms with van der Waals surface area (Å²) in [6.45, 7) is 1.80. The molecule has 2 heteroatoms. The first-order chi connectivity index (χ1) is 7.33. The van der Waals surface area contributed by atoms with Gasteiger partial charge in [0.25, 0.3) is 0 Å². The van der Waals surface area contributed by atoms with Crippen molar-refractivity contribution in [1.82, 2.24) is 4.98 Å². The minimum absolute atomic E-state index is 0.279. The Morgan fingerprint density at radius 1 is 1.33 bits per heavy atom. The van der Waals surface area contributed by atoms with Crippen molar-refractivity contribution in [2.45, 2.75) is 13.3 Å². The Balaban J connectivity index is 2.64. The minimum atomic E-state index is -0.279. The van der Waals surface area contributed by atoms with Gasteiger partial charge in [-0.2, -0.15) is 0 Å². The summed E-state index contributed by atoms with van der Waals surface area (Å²) in [7, 11) is 0. The summed E-state index contributed by atoms with van der Waals surface area (Å²) >= 11 is 0. The zero-order chi connectivity index (χ0) is 10.7. The number of aromatic nitrogens is 1. The summed E-state index contributed by atoms with van der Waals surface area (Å²) in [6, 6.07) is 6.87. The molecule has 74 valence electrons. The fraction of sp³-hybridized carbons (Fsp3) is 0.154. The zero-order valence-electron chi connectivity index (χ0n) is 8.42. The molecule has 1 heterocycles. The van der Waals surface area contributed by atoms with Crippen molar-refractivity contribution in [3.63, 3.8) is 0 Å². The topological polar surface area (TPSA) is 12.9 Å². The predicted octanol–water partition coefficient (Wildman–Crippen LogP) is 2.94. The molecule has 2 aromatic rings. The summed E-state index contributed by atoms with van der Waals surface area (Å²) in [5.41, 5.74) is 1.45. The maximum Gasteiger partial charge on any atom is 0.149 e. The second-order valence-corrected chi connectivity index (χ2v) is 3.21. The average molecular weight is 199 g/mol. The fourth-order valence-corrected chi connectivity index (χ4v) is 1.53. The van der Waals surface area contributed by atoms with Crippen molar-refractivity contribution in [2.75, 3.05) is 0 Å². The molecule has 1 aromatic heterocycles. The van der Waals surface area contributed by atoms with Crippen molar-refractivity contribution in [3.8, 4) is 11.8 Å². The van der Waals surface area contributed by atoms with Gasteiger partial charge in [0.1, 0.15) is 11.3 Å². The molecule has 0 aliphatic heterocycles. The van der Waals surface area contributed by atoms with Gasteiger partial charge in [0, 0.05) is 18.0 Å². The highest BCUT2D eigenvalue weighted by atomic mass is 19.1. The second-order valence-electron chi connectivity index (χ2n) is 3.21. The van der Waals surface area contributed by atoms with Crippen LogP contribution in [0, 0.1) is 17.7 Å². The Morgan fingerprint density at radius 3 is 3.00 bits per heavy atom. The number of fused-ring (bicyclic) bond motifs is 1. The van der Waals surface area contributed by atoms with Gasteiger partial charge in [-0.3, -0.25) is 4.98 Å². The van der Waals surface area contributed by atoms with Crippen LogP contribution < -0.4 is 0 Å². The molecule has 1 nitrogen and oxygen atoms in total. The molecule has 0 saturated heterocycles. The molecule has 0 atom stereocenters. The van der Waals surface area contributed by atoms with Gasteiger partial charge in [-0.25, -0.2) is 4.39 Å². The van der Waals surface area contributed by atoms with E-state index in [-0.39, 0.29) is 5.82 Å². The molecule has 2 rings (SSSR count). The Kier molecular flexibility index (Phi) is 2.64. The maximum absolute atomic E-state index is 13.4. The normalized spacial score (nSPS) is 9.73. The monoisotopic (exact) mass is 199 g/mol. The van der Waals surface area contributed by atoms with Crippen molar-refractivity contribution in [1.29, 1.82) is 0 Å². The van der Waals surface area contributed by atoms with Crippen LogP contribution in [0.15, 0.2) is 30.5 Å². The molecule has 0 N–H and O–H groups in total. The van der Waals surface area contributed by atoms with Crippen LogP contribution in [0.2, 0.25) is 0 Å². The largest absolute Gasteiger partial charge is 0.253 e. The molecule has 0 fully saturated rings. The number of hydrogen-bond donors (Lipinski definition) is 0. The van der Waals surface area contributed by atoms with E-state index in [0.717, 1.165) is 10.9 Å². The van der Waals surface area contributed by atoms with Crippen LogP contribution in [0.1, 0.15) is 12.5 Å². The number of pyridine rings is 1. The summed E-state index contributed by atoms with van der Waals surface area (Å²) < 4.78 is 13.4. The van der Waals surface area contributed by atoms with Gasteiger partial charge in [0.2, 0.25) is 0 Å². The zero-order valence-corrected chi connectivity index (χ0v) is 8.42. The van der Waals surface area contributed by atoms with Gasteiger partial charge in [-0.05, 0) is 24.6 Å². The first-order valence-electron chi connectivity index (χ1n) is 4.74. The van der Waals surface area contributed by atoms with E-state index < -0.39 is 0 Å². The third-order valence-corrected chi connectivity index (χ3v) is 2.27. The molecule has 0 saturated carbocycles. The lowest BCUT2D eigenvalue weighted by Gasteiger charge is -2.02. The van der Waals surface area contributed by atoms with Gasteiger partial charge in [-0.1, -0.05) is 18.1 Å². The lowest BCUT2D eigenvalue weighted by atomic mass is 10.1. The van der Waals surface area contributed by atoms with Crippen LogP contribution in [0.4, 0.5) is 4.39 Å². The van der Waals surface area contributed by atoms with Gasteiger partial charge in [0.15, 0.2) is 0 Å². The molecule has 0 aliphatic rings. The molecule has 0 unspecified atom stereocenters. The molecule has 15 heavy (non-hydrogen) atoms. The lowest BCUT2D eigenvalue weighted by Crippen LogP contribution is -1.89. The molecule has 1 aromatic carbocycles. The van der Waals surface area contributed by atoms with Crippen molar-refractivity contribution in [3.05, 3.63) is 41.8 Å². The summed E-state index contributed by atoms with van der Waals surface area (Å²) in [5.74, 6) is 5.53. The number of nitrogens with zero attached hydrogens (tertiary/aromatic N) is 1. The molecule has 0 bridgehead atoms. The van der Waals surface area contributed by atoms with E-state index in [0.29, 0.717) is 11.9 Å². The molecule has 0 amide bonds. The van der Waals surface area contributed by atoms with Crippen LogP contribution in [0.3, 0.4) is 0 Å². The van der Waals surface area contributed by atoms with E-state index in [1.807, 2.05) is 12.1 Å². The first kappa shape index (κ1) is 9.67. The second kappa shape index (κ2) is 4.10. The Morgan fingerprint density at radius 2 is 2.20 bits per heavy atom. The van der Waals surface area contributed by atoms with Crippen LogP contribution >= 0.6 is 0 Å². The van der Waals surface area contributed by atoms with Crippen LogP contribution in [-0.4, -0.2) is 4.98 Å². The van der Waals surface area contributed by atoms with Gasteiger partial charge < -0.3 is 0 Å². The smallest absolute Gasteiger partial charge is 0.149 e. The summed E-state index contributed by atoms with van der Waals surface area (Å²) in [6.07, 6.45) is 2.26. The van der Waals surface area contributed by atoms with Crippen molar-refractivity contribution in [2.24, 2.45) is 0 Å². The van der Waals surface area contributed by atoms with E-state index in [1.165, 1.54) is 6.07 Å². The maximum atomic E-state index is 13.4. The number of hydrogen-bond acceptors (Lipinski definition) is 1. The number of para-hydroxylation sites is 1.